The number of benzene rings is 3. The third-order valence-electron chi connectivity index (χ3n) is 13.9. The number of amides is 6. The molecule has 0 bridgehead atoms. The van der Waals surface area contributed by atoms with E-state index in [1.54, 1.807) is 99.9 Å². The first-order valence-corrected chi connectivity index (χ1v) is 31.2. The van der Waals surface area contributed by atoms with Crippen LogP contribution in [0, 0.1) is 16.7 Å². The smallest absolute Gasteiger partial charge is 0.408 e. The third-order valence-corrected chi connectivity index (χ3v) is 13.9. The molecule has 6 atom stereocenters. The Kier molecular flexibility index (Phi) is 33.0. The van der Waals surface area contributed by atoms with Crippen molar-refractivity contribution in [3.8, 4) is 11.3 Å². The Morgan fingerprint density at radius 3 is 1.54 bits per heavy atom. The average molecular weight is 1290 g/mol. The zero-order valence-electron chi connectivity index (χ0n) is 56.0. The summed E-state index contributed by atoms with van der Waals surface area (Å²) in [5.41, 5.74) is 3.92. The Hall–Kier alpha value is -7.74. The van der Waals surface area contributed by atoms with Crippen LogP contribution < -0.4 is 32.0 Å². The third kappa shape index (κ3) is 30.1. The van der Waals surface area contributed by atoms with Gasteiger partial charge in [-0.25, -0.2) is 24.2 Å². The standard InChI is InChI=1S/C68H100N8O16/c1-47(2)42-55(71-59(77)54(44-49-24-18-15-19-25-49)72-65(83)92-68(9,10)11)62(80)91-56(46-76(75-61(79)58(67(6,7)8)73-63(81)85-13)45-50-27-29-51(30-28-50)52-26-20-21-31-69-52)53(43-48-22-16-14-17-23-48)70-60(78)57(66(3,4)5)74-64(82)90-41-40-89-39-38-88-37-36-87-35-34-86-33-32-84-12/h14-31,47,53-58H,32-46H2,1-13H3,(H,70,78)(H,71,77)(H,72,83)(H,73,81)(H,74,82)(H,75,79)/t53-,54-,55-,56-,57+,58+/m0/s1. The number of methoxy groups -OCH3 is 2. The minimum atomic E-state index is -1.39. The van der Waals surface area contributed by atoms with Crippen LogP contribution in [0.4, 0.5) is 14.4 Å². The monoisotopic (exact) mass is 1280 g/mol. The normalized spacial score (nSPS) is 13.7. The van der Waals surface area contributed by atoms with E-state index < -0.39 is 94.7 Å². The van der Waals surface area contributed by atoms with E-state index in [2.05, 4.69) is 37.0 Å². The van der Waals surface area contributed by atoms with Gasteiger partial charge in [0.15, 0.2) is 0 Å². The quantitative estimate of drug-likeness (QED) is 0.0109. The minimum Gasteiger partial charge on any atom is -0.457 e. The van der Waals surface area contributed by atoms with E-state index in [0.29, 0.717) is 56.3 Å². The van der Waals surface area contributed by atoms with Crippen LogP contribution in [0.25, 0.3) is 11.3 Å². The van der Waals surface area contributed by atoms with Gasteiger partial charge in [0.05, 0.1) is 84.9 Å². The topological polar surface area (TPSA) is 291 Å². The van der Waals surface area contributed by atoms with Gasteiger partial charge in [-0.05, 0) is 79.2 Å². The molecule has 0 aliphatic rings. The number of ether oxygens (including phenoxy) is 9. The van der Waals surface area contributed by atoms with Crippen molar-refractivity contribution in [1.82, 2.24) is 42.0 Å². The maximum absolute atomic E-state index is 15.4. The molecule has 24 nitrogen and oxygen atoms in total. The highest BCUT2D eigenvalue weighted by atomic mass is 16.6. The number of carbonyl (C=O) groups is 7. The second-order valence-corrected chi connectivity index (χ2v) is 25.6. The van der Waals surface area contributed by atoms with Crippen molar-refractivity contribution in [3.63, 3.8) is 0 Å². The van der Waals surface area contributed by atoms with E-state index in [-0.39, 0.29) is 64.7 Å². The summed E-state index contributed by atoms with van der Waals surface area (Å²) in [6, 6.07) is 25.1. The number of pyridine rings is 1. The van der Waals surface area contributed by atoms with Gasteiger partial charge < -0.3 is 69.2 Å². The first-order valence-electron chi connectivity index (χ1n) is 31.2. The van der Waals surface area contributed by atoms with Crippen LogP contribution >= 0.6 is 0 Å². The highest BCUT2D eigenvalue weighted by Crippen LogP contribution is 2.25. The molecule has 0 unspecified atom stereocenters. The Bertz CT molecular complexity index is 2830. The fourth-order valence-electron chi connectivity index (χ4n) is 9.26. The van der Waals surface area contributed by atoms with Crippen LogP contribution in [-0.4, -0.2) is 181 Å². The number of esters is 1. The number of hydrazine groups is 1. The second-order valence-electron chi connectivity index (χ2n) is 25.6. The Morgan fingerprint density at radius 1 is 0.511 bits per heavy atom. The molecule has 0 radical (unpaired) electrons. The summed E-state index contributed by atoms with van der Waals surface area (Å²) in [6.45, 7) is 22.0. The number of nitrogens with zero attached hydrogens (tertiary/aromatic N) is 2. The summed E-state index contributed by atoms with van der Waals surface area (Å²) < 4.78 is 49.7. The summed E-state index contributed by atoms with van der Waals surface area (Å²) in [6.07, 6.45) is -2.18. The fraction of sp³-hybridized carbons (Fsp3) is 0.559. The van der Waals surface area contributed by atoms with Gasteiger partial charge in [-0.1, -0.05) is 146 Å². The van der Waals surface area contributed by atoms with E-state index in [1.807, 2.05) is 92.7 Å². The predicted octanol–water partition coefficient (Wildman–Crippen LogP) is 7.51. The van der Waals surface area contributed by atoms with Crippen LogP contribution in [0.2, 0.25) is 0 Å². The second kappa shape index (κ2) is 39.6. The molecular formula is C68H100N8O16. The summed E-state index contributed by atoms with van der Waals surface area (Å²) in [5, 5.41) is 15.6. The maximum atomic E-state index is 15.4. The molecule has 0 saturated carbocycles. The van der Waals surface area contributed by atoms with Gasteiger partial charge in [-0.2, -0.15) is 0 Å². The van der Waals surface area contributed by atoms with Gasteiger partial charge in [0.25, 0.3) is 5.91 Å². The van der Waals surface area contributed by atoms with Crippen molar-refractivity contribution in [2.75, 3.05) is 86.8 Å². The molecule has 1 heterocycles. The van der Waals surface area contributed by atoms with Crippen molar-refractivity contribution in [1.29, 1.82) is 0 Å². The van der Waals surface area contributed by atoms with Crippen molar-refractivity contribution in [2.45, 2.75) is 144 Å². The number of alkyl carbamates (subject to hydrolysis) is 3. The molecule has 0 aliphatic carbocycles. The molecule has 0 fully saturated rings. The number of carbonyl (C=O) groups excluding carboxylic acids is 7. The number of rotatable bonds is 38. The van der Waals surface area contributed by atoms with E-state index in [4.69, 9.17) is 42.6 Å². The molecule has 4 rings (SSSR count). The number of nitrogens with one attached hydrogen (secondary N) is 6. The average Bonchev–Trinajstić information content (AvgIpc) is 0.948. The van der Waals surface area contributed by atoms with E-state index in [1.165, 1.54) is 12.1 Å². The van der Waals surface area contributed by atoms with E-state index in [0.717, 1.165) is 11.3 Å². The Balaban J connectivity index is 1.76. The van der Waals surface area contributed by atoms with Crippen LogP contribution in [0.3, 0.4) is 0 Å². The molecule has 0 aliphatic heterocycles. The van der Waals surface area contributed by atoms with Crippen LogP contribution in [0.1, 0.15) is 99.3 Å². The lowest BCUT2D eigenvalue weighted by molar-refractivity contribution is -0.158. The minimum absolute atomic E-state index is 0.0245. The molecule has 3 aromatic carbocycles. The summed E-state index contributed by atoms with van der Waals surface area (Å²) in [4.78, 5) is 104. The van der Waals surface area contributed by atoms with Gasteiger partial charge in [0.1, 0.15) is 42.5 Å². The van der Waals surface area contributed by atoms with Crippen molar-refractivity contribution in [3.05, 3.63) is 126 Å². The zero-order chi connectivity index (χ0) is 67.7. The van der Waals surface area contributed by atoms with Crippen molar-refractivity contribution in [2.24, 2.45) is 16.7 Å². The van der Waals surface area contributed by atoms with Gasteiger partial charge >= 0.3 is 24.2 Å². The molecule has 1 aromatic heterocycles. The highest BCUT2D eigenvalue weighted by Gasteiger charge is 2.40. The first-order chi connectivity index (χ1) is 43.6. The summed E-state index contributed by atoms with van der Waals surface area (Å²) >= 11 is 0. The largest absolute Gasteiger partial charge is 0.457 e. The summed E-state index contributed by atoms with van der Waals surface area (Å²) in [5.74, 6) is -3.15. The molecule has 508 valence electrons. The Labute approximate surface area is 542 Å². The lowest BCUT2D eigenvalue weighted by atomic mass is 9.85. The molecule has 4 aromatic rings. The van der Waals surface area contributed by atoms with Gasteiger partial charge in [0.2, 0.25) is 11.8 Å². The lowest BCUT2D eigenvalue weighted by Gasteiger charge is -2.37. The van der Waals surface area contributed by atoms with E-state index >= 15 is 9.59 Å². The number of hydrogen-bond donors (Lipinski definition) is 6. The van der Waals surface area contributed by atoms with Gasteiger partial charge in [-0.15, -0.1) is 0 Å². The van der Waals surface area contributed by atoms with Crippen molar-refractivity contribution < 1.29 is 76.2 Å². The van der Waals surface area contributed by atoms with Crippen LogP contribution in [0.15, 0.2) is 109 Å². The molecule has 92 heavy (non-hydrogen) atoms. The molecule has 0 spiro atoms. The number of hydrogen-bond acceptors (Lipinski definition) is 18. The highest BCUT2D eigenvalue weighted by molar-refractivity contribution is 5.90. The van der Waals surface area contributed by atoms with E-state index in [9.17, 15) is 24.0 Å². The van der Waals surface area contributed by atoms with Gasteiger partial charge in [0, 0.05) is 31.8 Å². The van der Waals surface area contributed by atoms with Crippen LogP contribution in [0.5, 0.6) is 0 Å². The molecule has 0 saturated heterocycles. The fourth-order valence-corrected chi connectivity index (χ4v) is 9.26. The zero-order valence-corrected chi connectivity index (χ0v) is 56.0. The van der Waals surface area contributed by atoms with Crippen LogP contribution in [-0.2, 0) is 81.2 Å². The molecule has 6 N–H and O–H groups in total. The van der Waals surface area contributed by atoms with Gasteiger partial charge in [-0.3, -0.25) is 24.8 Å². The predicted molar refractivity (Wildman–Crippen MR) is 347 cm³/mol. The number of aromatic nitrogens is 1. The summed E-state index contributed by atoms with van der Waals surface area (Å²) in [7, 11) is 2.79. The Morgan fingerprint density at radius 2 is 1.03 bits per heavy atom. The maximum Gasteiger partial charge on any atom is 0.408 e. The SMILES string of the molecule is COCCOCCOCCOCCOCCOC(=O)N[C@H](C(=O)N[C@@H](Cc1ccccc1)[C@H](CN(Cc1ccc(-c2ccccn2)cc1)NC(=O)[C@@H](NC(=O)OC)C(C)(C)C)OC(=O)[C@H](CC(C)C)NC(=O)[C@H](Cc1ccccc1)NC(=O)OC(C)(C)C)C(C)(C)C. The molecular weight excluding hydrogens is 1180 g/mol. The lowest BCUT2D eigenvalue weighted by Crippen LogP contribution is -2.62. The first kappa shape index (κ1) is 76.7. The van der Waals surface area contributed by atoms with Crippen molar-refractivity contribution >= 4 is 42.0 Å². The molecule has 6 amide bonds. The molecule has 24 heteroatoms.